The van der Waals surface area contributed by atoms with Crippen LogP contribution in [0.25, 0.3) is 0 Å². The van der Waals surface area contributed by atoms with E-state index in [0.717, 1.165) is 4.47 Å². The fraction of sp³-hybridized carbons (Fsp3) is 0.444. The van der Waals surface area contributed by atoms with Gasteiger partial charge in [-0.15, -0.1) is 11.3 Å². The second-order valence-corrected chi connectivity index (χ2v) is 5.31. The standard InChI is InChI=1S/C9H12BrNOS2/c1-11(9(12)2-3-13)5-8-4-7(10)6-14-8/h4,6,13H,2-3,5H2,1H3. The van der Waals surface area contributed by atoms with E-state index >= 15 is 0 Å². The molecule has 0 radical (unpaired) electrons. The Morgan fingerprint density at radius 3 is 2.93 bits per heavy atom. The Balaban J connectivity index is 2.48. The molecular weight excluding hydrogens is 282 g/mol. The summed E-state index contributed by atoms with van der Waals surface area (Å²) in [6.45, 7) is 0.683. The monoisotopic (exact) mass is 293 g/mol. The Hall–Kier alpha value is -0.000000000000000111. The van der Waals surface area contributed by atoms with Gasteiger partial charge in [-0.25, -0.2) is 0 Å². The largest absolute Gasteiger partial charge is 0.341 e. The molecule has 0 aliphatic rings. The first-order chi connectivity index (χ1) is 6.63. The van der Waals surface area contributed by atoms with Crippen LogP contribution in [0.5, 0.6) is 0 Å². The zero-order valence-electron chi connectivity index (χ0n) is 7.86. The van der Waals surface area contributed by atoms with Gasteiger partial charge in [0.15, 0.2) is 0 Å². The highest BCUT2D eigenvalue weighted by molar-refractivity contribution is 9.10. The maximum Gasteiger partial charge on any atom is 0.223 e. The van der Waals surface area contributed by atoms with Gasteiger partial charge in [0.05, 0.1) is 6.54 Å². The van der Waals surface area contributed by atoms with Crippen molar-refractivity contribution in [3.63, 3.8) is 0 Å². The molecule has 2 nitrogen and oxygen atoms in total. The smallest absolute Gasteiger partial charge is 0.223 e. The Morgan fingerprint density at radius 2 is 2.43 bits per heavy atom. The van der Waals surface area contributed by atoms with Crippen molar-refractivity contribution in [3.05, 3.63) is 20.8 Å². The van der Waals surface area contributed by atoms with Crippen molar-refractivity contribution in [2.24, 2.45) is 0 Å². The molecule has 1 amide bonds. The number of thiol groups is 1. The van der Waals surface area contributed by atoms with Crippen LogP contribution in [0.2, 0.25) is 0 Å². The molecule has 1 aromatic heterocycles. The van der Waals surface area contributed by atoms with Gasteiger partial charge in [-0.3, -0.25) is 4.79 Å². The van der Waals surface area contributed by atoms with Gasteiger partial charge in [0.2, 0.25) is 5.91 Å². The number of thiophene rings is 1. The molecule has 0 saturated carbocycles. The van der Waals surface area contributed by atoms with Gasteiger partial charge in [-0.2, -0.15) is 12.6 Å². The third kappa shape index (κ3) is 3.63. The fourth-order valence-electron chi connectivity index (χ4n) is 1.05. The maximum atomic E-state index is 11.4. The first-order valence-electron chi connectivity index (χ1n) is 4.21. The topological polar surface area (TPSA) is 20.3 Å². The summed E-state index contributed by atoms with van der Waals surface area (Å²) >= 11 is 9.07. The first kappa shape index (κ1) is 12.1. The van der Waals surface area contributed by atoms with Gasteiger partial charge >= 0.3 is 0 Å². The highest BCUT2D eigenvalue weighted by atomic mass is 79.9. The molecule has 1 rings (SSSR count). The molecule has 0 aromatic carbocycles. The number of hydrogen-bond acceptors (Lipinski definition) is 3. The first-order valence-corrected chi connectivity index (χ1v) is 6.51. The summed E-state index contributed by atoms with van der Waals surface area (Å²) in [5, 5.41) is 2.02. The normalized spacial score (nSPS) is 10.2. The lowest BCUT2D eigenvalue weighted by Gasteiger charge is -2.15. The van der Waals surface area contributed by atoms with Crippen LogP contribution in [0.4, 0.5) is 0 Å². The van der Waals surface area contributed by atoms with Gasteiger partial charge in [0.1, 0.15) is 0 Å². The second kappa shape index (κ2) is 5.78. The van der Waals surface area contributed by atoms with Gasteiger partial charge in [0.25, 0.3) is 0 Å². The molecule has 0 atom stereocenters. The van der Waals surface area contributed by atoms with Crippen LogP contribution < -0.4 is 0 Å². The number of rotatable bonds is 4. The van der Waals surface area contributed by atoms with Crippen LogP contribution >= 0.6 is 39.9 Å². The number of amides is 1. The molecule has 5 heteroatoms. The predicted octanol–water partition coefficient (Wildman–Crippen LogP) is 2.79. The van der Waals surface area contributed by atoms with E-state index in [1.807, 2.05) is 18.5 Å². The molecule has 14 heavy (non-hydrogen) atoms. The van der Waals surface area contributed by atoms with Gasteiger partial charge in [-0.05, 0) is 27.7 Å². The summed E-state index contributed by atoms with van der Waals surface area (Å²) < 4.78 is 1.08. The Labute approximate surface area is 102 Å². The van der Waals surface area contributed by atoms with Gasteiger partial charge in [-0.1, -0.05) is 0 Å². The summed E-state index contributed by atoms with van der Waals surface area (Å²) in [4.78, 5) is 14.3. The zero-order chi connectivity index (χ0) is 10.6. The number of carbonyl (C=O) groups is 1. The predicted molar refractivity (Wildman–Crippen MR) is 67.0 cm³/mol. The minimum atomic E-state index is 0.143. The van der Waals surface area contributed by atoms with Gasteiger partial charge < -0.3 is 4.90 Å². The van der Waals surface area contributed by atoms with E-state index in [-0.39, 0.29) is 5.91 Å². The van der Waals surface area contributed by atoms with Crippen molar-refractivity contribution >= 4 is 45.8 Å². The number of halogens is 1. The fourth-order valence-corrected chi connectivity index (χ4v) is 2.74. The molecule has 0 saturated heterocycles. The van der Waals surface area contributed by atoms with Crippen LogP contribution in [-0.2, 0) is 11.3 Å². The molecule has 0 aliphatic heterocycles. The van der Waals surface area contributed by atoms with Gasteiger partial charge in [0, 0.05) is 28.2 Å². The minimum absolute atomic E-state index is 0.143. The average Bonchev–Trinajstić information content (AvgIpc) is 2.51. The molecule has 78 valence electrons. The third-order valence-corrected chi connectivity index (χ3v) is 3.67. The van der Waals surface area contributed by atoms with Crippen molar-refractivity contribution < 1.29 is 4.79 Å². The molecule has 0 fully saturated rings. The van der Waals surface area contributed by atoms with Crippen LogP contribution in [-0.4, -0.2) is 23.6 Å². The molecule has 0 N–H and O–H groups in total. The van der Waals surface area contributed by atoms with Crippen LogP contribution in [0.15, 0.2) is 15.9 Å². The average molecular weight is 294 g/mol. The quantitative estimate of drug-likeness (QED) is 0.847. The van der Waals surface area contributed by atoms with Crippen molar-refractivity contribution in [2.75, 3.05) is 12.8 Å². The maximum absolute atomic E-state index is 11.4. The molecule has 0 aliphatic carbocycles. The van der Waals surface area contributed by atoms with Crippen molar-refractivity contribution in [3.8, 4) is 0 Å². The van der Waals surface area contributed by atoms with E-state index in [2.05, 4.69) is 28.6 Å². The molecule has 0 spiro atoms. The Bertz CT molecular complexity index is 314. The molecular formula is C9H12BrNOS2. The summed E-state index contributed by atoms with van der Waals surface area (Å²) in [6, 6.07) is 2.04. The summed E-state index contributed by atoms with van der Waals surface area (Å²) in [5.41, 5.74) is 0. The summed E-state index contributed by atoms with van der Waals surface area (Å²) in [6.07, 6.45) is 0.506. The molecule has 0 bridgehead atoms. The lowest BCUT2D eigenvalue weighted by Crippen LogP contribution is -2.25. The van der Waals surface area contributed by atoms with Crippen molar-refractivity contribution in [2.45, 2.75) is 13.0 Å². The Kier molecular flexibility index (Phi) is 4.98. The Morgan fingerprint density at radius 1 is 1.71 bits per heavy atom. The van der Waals surface area contributed by atoms with E-state index in [1.165, 1.54) is 4.88 Å². The SMILES string of the molecule is CN(Cc1cc(Br)cs1)C(=O)CCS. The minimum Gasteiger partial charge on any atom is -0.341 e. The van der Waals surface area contributed by atoms with Crippen molar-refractivity contribution in [1.82, 2.24) is 4.90 Å². The lowest BCUT2D eigenvalue weighted by molar-refractivity contribution is -0.129. The third-order valence-electron chi connectivity index (χ3n) is 1.77. The molecule has 1 heterocycles. The van der Waals surface area contributed by atoms with Crippen LogP contribution in [0.3, 0.4) is 0 Å². The van der Waals surface area contributed by atoms with Crippen LogP contribution in [0, 0.1) is 0 Å². The number of nitrogens with zero attached hydrogens (tertiary/aromatic N) is 1. The summed E-state index contributed by atoms with van der Waals surface area (Å²) in [7, 11) is 1.82. The van der Waals surface area contributed by atoms with E-state index in [1.54, 1.807) is 16.2 Å². The zero-order valence-corrected chi connectivity index (χ0v) is 11.2. The lowest BCUT2D eigenvalue weighted by atomic mass is 10.4. The van der Waals surface area contributed by atoms with E-state index in [0.29, 0.717) is 18.7 Å². The number of carbonyl (C=O) groups excluding carboxylic acids is 1. The summed E-state index contributed by atoms with van der Waals surface area (Å²) in [5.74, 6) is 0.752. The molecule has 1 aromatic rings. The molecule has 0 unspecified atom stereocenters. The highest BCUT2D eigenvalue weighted by Gasteiger charge is 2.08. The second-order valence-electron chi connectivity index (χ2n) is 2.95. The van der Waals surface area contributed by atoms with E-state index in [4.69, 9.17) is 0 Å². The highest BCUT2D eigenvalue weighted by Crippen LogP contribution is 2.20. The van der Waals surface area contributed by atoms with Crippen molar-refractivity contribution in [1.29, 1.82) is 0 Å². The van der Waals surface area contributed by atoms with E-state index < -0.39 is 0 Å². The van der Waals surface area contributed by atoms with E-state index in [9.17, 15) is 4.79 Å². The number of hydrogen-bond donors (Lipinski definition) is 1. The van der Waals surface area contributed by atoms with Crippen LogP contribution in [0.1, 0.15) is 11.3 Å².